The number of hydrogen-bond donors (Lipinski definition) is 1. The summed E-state index contributed by atoms with van der Waals surface area (Å²) in [5, 5.41) is 0. The van der Waals surface area contributed by atoms with E-state index < -0.39 is 0 Å². The van der Waals surface area contributed by atoms with Crippen LogP contribution in [0.2, 0.25) is 0 Å². The highest BCUT2D eigenvalue weighted by Crippen LogP contribution is 2.45. The fourth-order valence-corrected chi connectivity index (χ4v) is 4.43. The number of piperidine rings is 1. The molecule has 2 rings (SSSR count). The minimum atomic E-state index is 0.382. The molecule has 1 saturated heterocycles. The van der Waals surface area contributed by atoms with E-state index >= 15 is 0 Å². The van der Waals surface area contributed by atoms with Gasteiger partial charge in [-0.2, -0.15) is 0 Å². The summed E-state index contributed by atoms with van der Waals surface area (Å²) < 4.78 is 0. The first kappa shape index (κ1) is 13.4. The van der Waals surface area contributed by atoms with Gasteiger partial charge >= 0.3 is 0 Å². The molecular weight excluding hydrogens is 208 g/mol. The smallest absolute Gasteiger partial charge is 0.0158 e. The van der Waals surface area contributed by atoms with E-state index in [1.165, 1.54) is 38.6 Å². The number of nitrogens with two attached hydrogens (primary N) is 1. The fourth-order valence-electron chi connectivity index (χ4n) is 4.43. The molecule has 1 saturated carbocycles. The van der Waals surface area contributed by atoms with Crippen LogP contribution in [0.4, 0.5) is 0 Å². The molecule has 2 N–H and O–H groups in total. The van der Waals surface area contributed by atoms with Gasteiger partial charge in [-0.25, -0.2) is 0 Å². The molecule has 0 amide bonds. The molecule has 2 nitrogen and oxygen atoms in total. The summed E-state index contributed by atoms with van der Waals surface area (Å²) in [7, 11) is 0. The molecule has 1 heterocycles. The molecule has 3 atom stereocenters. The normalized spacial score (nSPS) is 37.8. The zero-order chi connectivity index (χ0) is 12.5. The summed E-state index contributed by atoms with van der Waals surface area (Å²) in [6.45, 7) is 9.39. The second kappa shape index (κ2) is 5.27. The van der Waals surface area contributed by atoms with Gasteiger partial charge < -0.3 is 5.73 Å². The zero-order valence-corrected chi connectivity index (χ0v) is 11.9. The lowest BCUT2D eigenvalue weighted by Crippen LogP contribution is -2.60. The number of hydrogen-bond acceptors (Lipinski definition) is 2. The molecule has 0 spiro atoms. The predicted octanol–water partition coefficient (Wildman–Crippen LogP) is 3.01. The molecule has 1 aliphatic heterocycles. The number of nitrogens with zero attached hydrogens (tertiary/aromatic N) is 1. The first-order valence-corrected chi connectivity index (χ1v) is 7.53. The van der Waals surface area contributed by atoms with Crippen LogP contribution < -0.4 is 5.73 Å². The minimum Gasteiger partial charge on any atom is -0.330 e. The Morgan fingerprint density at radius 1 is 1.24 bits per heavy atom. The van der Waals surface area contributed by atoms with Crippen LogP contribution in [0.5, 0.6) is 0 Å². The summed E-state index contributed by atoms with van der Waals surface area (Å²) in [6.07, 6.45) is 8.28. The SMILES string of the molecule is CC1CC(C)(C)N(CCCN)C2CCCCC12. The Labute approximate surface area is 107 Å². The van der Waals surface area contributed by atoms with Gasteiger partial charge in [0.05, 0.1) is 0 Å². The average molecular weight is 238 g/mol. The topological polar surface area (TPSA) is 29.3 Å². The lowest BCUT2D eigenvalue weighted by molar-refractivity contribution is -0.0583. The summed E-state index contributed by atoms with van der Waals surface area (Å²) in [6, 6.07) is 0.842. The molecule has 2 aliphatic rings. The highest BCUT2D eigenvalue weighted by atomic mass is 15.2. The second-order valence-electron chi connectivity index (χ2n) is 6.85. The maximum atomic E-state index is 5.70. The van der Waals surface area contributed by atoms with E-state index in [0.717, 1.165) is 30.8 Å². The van der Waals surface area contributed by atoms with Gasteiger partial charge in [-0.15, -0.1) is 0 Å². The Hall–Kier alpha value is -0.0800. The van der Waals surface area contributed by atoms with Gasteiger partial charge in [-0.3, -0.25) is 4.90 Å². The van der Waals surface area contributed by atoms with Crippen LogP contribution in [0.25, 0.3) is 0 Å². The highest BCUT2D eigenvalue weighted by Gasteiger charge is 2.45. The largest absolute Gasteiger partial charge is 0.330 e. The van der Waals surface area contributed by atoms with Crippen molar-refractivity contribution in [3.63, 3.8) is 0 Å². The van der Waals surface area contributed by atoms with E-state index in [1.807, 2.05) is 0 Å². The highest BCUT2D eigenvalue weighted by molar-refractivity contribution is 4.99. The quantitative estimate of drug-likeness (QED) is 0.819. The van der Waals surface area contributed by atoms with Gasteiger partial charge in [-0.05, 0) is 57.9 Å². The van der Waals surface area contributed by atoms with E-state index in [1.54, 1.807) is 0 Å². The van der Waals surface area contributed by atoms with E-state index in [0.29, 0.717) is 5.54 Å². The fraction of sp³-hybridized carbons (Fsp3) is 1.00. The van der Waals surface area contributed by atoms with Crippen LogP contribution in [0, 0.1) is 11.8 Å². The Kier molecular flexibility index (Phi) is 4.14. The molecular formula is C15H30N2. The summed E-state index contributed by atoms with van der Waals surface area (Å²) in [5.74, 6) is 1.86. The van der Waals surface area contributed by atoms with Crippen molar-refractivity contribution in [2.24, 2.45) is 17.6 Å². The molecule has 0 aromatic heterocycles. The average Bonchev–Trinajstić information content (AvgIpc) is 2.28. The summed E-state index contributed by atoms with van der Waals surface area (Å²) in [4.78, 5) is 2.80. The number of fused-ring (bicyclic) bond motifs is 1. The number of rotatable bonds is 3. The van der Waals surface area contributed by atoms with Crippen molar-refractivity contribution >= 4 is 0 Å². The molecule has 3 unspecified atom stereocenters. The molecule has 1 aliphatic carbocycles. The lowest BCUT2D eigenvalue weighted by Gasteiger charge is -2.56. The third kappa shape index (κ3) is 2.68. The van der Waals surface area contributed by atoms with Crippen molar-refractivity contribution < 1.29 is 0 Å². The van der Waals surface area contributed by atoms with E-state index in [4.69, 9.17) is 5.73 Å². The van der Waals surface area contributed by atoms with Crippen LogP contribution in [0.1, 0.15) is 59.3 Å². The Bertz CT molecular complexity index is 249. The van der Waals surface area contributed by atoms with Crippen LogP contribution in [-0.4, -0.2) is 29.6 Å². The van der Waals surface area contributed by atoms with Crippen LogP contribution in [-0.2, 0) is 0 Å². The third-order valence-corrected chi connectivity index (χ3v) is 5.11. The predicted molar refractivity (Wildman–Crippen MR) is 74.0 cm³/mol. The molecule has 0 aromatic carbocycles. The standard InChI is InChI=1S/C15H30N2/c1-12-11-15(2,3)17(10-6-9-16)14-8-5-4-7-13(12)14/h12-14H,4-11,16H2,1-3H3. The van der Waals surface area contributed by atoms with Crippen molar-refractivity contribution in [1.82, 2.24) is 4.90 Å². The molecule has 100 valence electrons. The first-order chi connectivity index (χ1) is 8.06. The van der Waals surface area contributed by atoms with Gasteiger partial charge in [0.1, 0.15) is 0 Å². The molecule has 2 fully saturated rings. The van der Waals surface area contributed by atoms with E-state index in [-0.39, 0.29) is 0 Å². The van der Waals surface area contributed by atoms with E-state index in [2.05, 4.69) is 25.7 Å². The van der Waals surface area contributed by atoms with Crippen molar-refractivity contribution in [3.8, 4) is 0 Å². The van der Waals surface area contributed by atoms with Crippen molar-refractivity contribution in [3.05, 3.63) is 0 Å². The number of likely N-dealkylation sites (tertiary alicyclic amines) is 1. The van der Waals surface area contributed by atoms with Crippen LogP contribution >= 0.6 is 0 Å². The molecule has 0 aromatic rings. The lowest BCUT2D eigenvalue weighted by atomic mass is 9.67. The van der Waals surface area contributed by atoms with Gasteiger partial charge in [0.15, 0.2) is 0 Å². The molecule has 0 radical (unpaired) electrons. The molecule has 2 heteroatoms. The van der Waals surface area contributed by atoms with Crippen LogP contribution in [0.15, 0.2) is 0 Å². The monoisotopic (exact) mass is 238 g/mol. The minimum absolute atomic E-state index is 0.382. The summed E-state index contributed by atoms with van der Waals surface area (Å²) >= 11 is 0. The Balaban J connectivity index is 2.13. The van der Waals surface area contributed by atoms with Crippen molar-refractivity contribution in [1.29, 1.82) is 0 Å². The third-order valence-electron chi connectivity index (χ3n) is 5.11. The van der Waals surface area contributed by atoms with Gasteiger partial charge in [0.25, 0.3) is 0 Å². The summed E-state index contributed by atoms with van der Waals surface area (Å²) in [5.41, 5.74) is 6.08. The Morgan fingerprint density at radius 3 is 2.65 bits per heavy atom. The van der Waals surface area contributed by atoms with E-state index in [9.17, 15) is 0 Å². The van der Waals surface area contributed by atoms with Gasteiger partial charge in [0.2, 0.25) is 0 Å². The van der Waals surface area contributed by atoms with Crippen molar-refractivity contribution in [2.45, 2.75) is 70.9 Å². The van der Waals surface area contributed by atoms with Gasteiger partial charge in [0, 0.05) is 18.1 Å². The van der Waals surface area contributed by atoms with Crippen molar-refractivity contribution in [2.75, 3.05) is 13.1 Å². The second-order valence-corrected chi connectivity index (χ2v) is 6.85. The maximum absolute atomic E-state index is 5.70. The molecule has 17 heavy (non-hydrogen) atoms. The van der Waals surface area contributed by atoms with Gasteiger partial charge in [-0.1, -0.05) is 19.8 Å². The zero-order valence-electron chi connectivity index (χ0n) is 11.9. The van der Waals surface area contributed by atoms with Crippen LogP contribution in [0.3, 0.4) is 0 Å². The Morgan fingerprint density at radius 2 is 1.94 bits per heavy atom. The molecule has 0 bridgehead atoms. The first-order valence-electron chi connectivity index (χ1n) is 7.53. The maximum Gasteiger partial charge on any atom is 0.0158 e.